The van der Waals surface area contributed by atoms with Crippen LogP contribution in [-0.2, 0) is 9.53 Å². The van der Waals surface area contributed by atoms with Crippen LogP contribution in [0.25, 0.3) is 0 Å². The Morgan fingerprint density at radius 3 is 2.63 bits per heavy atom. The first-order valence-electron chi connectivity index (χ1n) is 11.2. The first-order chi connectivity index (χ1) is 13.0. The van der Waals surface area contributed by atoms with Crippen molar-refractivity contribution in [3.8, 4) is 0 Å². The van der Waals surface area contributed by atoms with Crippen LogP contribution < -0.4 is 0 Å². The van der Waals surface area contributed by atoms with E-state index in [9.17, 15) is 9.90 Å². The van der Waals surface area contributed by atoms with Gasteiger partial charge in [-0.1, -0.05) is 76.7 Å². The Morgan fingerprint density at radius 2 is 1.93 bits per heavy atom. The molecule has 0 aliphatic heterocycles. The van der Waals surface area contributed by atoms with Gasteiger partial charge in [0, 0.05) is 6.92 Å². The molecule has 0 saturated heterocycles. The molecule has 0 aromatic carbocycles. The predicted octanol–water partition coefficient (Wildman–Crippen LogP) is 6.22. The Balaban J connectivity index is 2.10. The zero-order valence-electron chi connectivity index (χ0n) is 17.9. The molecule has 2 unspecified atom stereocenters. The van der Waals surface area contributed by atoms with Gasteiger partial charge >= 0.3 is 5.97 Å². The lowest BCUT2D eigenvalue weighted by molar-refractivity contribution is -0.141. The molecule has 1 N–H and O–H groups in total. The number of aliphatic hydroxyl groups is 1. The second kappa shape index (κ2) is 14.9. The van der Waals surface area contributed by atoms with E-state index >= 15 is 0 Å². The third-order valence-electron chi connectivity index (χ3n) is 5.75. The molecular formula is C24H42O3. The molecule has 3 heteroatoms. The molecule has 1 aliphatic rings. The van der Waals surface area contributed by atoms with E-state index in [1.807, 2.05) is 0 Å². The van der Waals surface area contributed by atoms with Crippen molar-refractivity contribution in [3.63, 3.8) is 0 Å². The highest BCUT2D eigenvalue weighted by Crippen LogP contribution is 2.31. The largest absolute Gasteiger partial charge is 0.466 e. The molecule has 0 aromatic rings. The topological polar surface area (TPSA) is 46.5 Å². The maximum Gasteiger partial charge on any atom is 0.302 e. The molecule has 0 amide bonds. The van der Waals surface area contributed by atoms with Gasteiger partial charge in [-0.15, -0.1) is 0 Å². The van der Waals surface area contributed by atoms with Crippen molar-refractivity contribution >= 4 is 5.97 Å². The van der Waals surface area contributed by atoms with E-state index in [0.717, 1.165) is 38.0 Å². The number of carbonyl (C=O) groups excluding carboxylic acids is 1. The Kier molecular flexibility index (Phi) is 13.2. The van der Waals surface area contributed by atoms with Crippen LogP contribution in [0.15, 0.2) is 24.3 Å². The zero-order valence-corrected chi connectivity index (χ0v) is 17.9. The van der Waals surface area contributed by atoms with Crippen LogP contribution in [0.4, 0.5) is 0 Å². The van der Waals surface area contributed by atoms with Gasteiger partial charge in [0.15, 0.2) is 0 Å². The van der Waals surface area contributed by atoms with Gasteiger partial charge in [0.1, 0.15) is 0 Å². The smallest absolute Gasteiger partial charge is 0.302 e. The van der Waals surface area contributed by atoms with Crippen molar-refractivity contribution in [2.45, 2.75) is 97.5 Å². The molecule has 27 heavy (non-hydrogen) atoms. The van der Waals surface area contributed by atoms with Crippen LogP contribution in [0.3, 0.4) is 0 Å². The van der Waals surface area contributed by atoms with E-state index in [1.165, 1.54) is 45.4 Å². The first-order valence-corrected chi connectivity index (χ1v) is 11.2. The quantitative estimate of drug-likeness (QED) is 0.209. The van der Waals surface area contributed by atoms with Gasteiger partial charge in [-0.05, 0) is 49.9 Å². The van der Waals surface area contributed by atoms with Crippen LogP contribution in [0.5, 0.6) is 0 Å². The molecule has 0 spiro atoms. The van der Waals surface area contributed by atoms with Crippen LogP contribution in [0.2, 0.25) is 0 Å². The van der Waals surface area contributed by atoms with Crippen LogP contribution >= 0.6 is 0 Å². The third-order valence-corrected chi connectivity index (χ3v) is 5.75. The summed E-state index contributed by atoms with van der Waals surface area (Å²) in [4.78, 5) is 10.7. The third kappa shape index (κ3) is 11.4. The van der Waals surface area contributed by atoms with Gasteiger partial charge in [-0.2, -0.15) is 0 Å². The van der Waals surface area contributed by atoms with Crippen molar-refractivity contribution in [1.82, 2.24) is 0 Å². The van der Waals surface area contributed by atoms with Crippen molar-refractivity contribution in [1.29, 1.82) is 0 Å². The molecule has 4 atom stereocenters. The van der Waals surface area contributed by atoms with Gasteiger partial charge in [-0.3, -0.25) is 4.79 Å². The van der Waals surface area contributed by atoms with Gasteiger partial charge in [0.25, 0.3) is 0 Å². The van der Waals surface area contributed by atoms with E-state index in [4.69, 9.17) is 4.74 Å². The molecule has 1 aliphatic carbocycles. The van der Waals surface area contributed by atoms with E-state index in [2.05, 4.69) is 38.2 Å². The monoisotopic (exact) mass is 378 g/mol. The number of allylic oxidation sites excluding steroid dienone is 3. The average Bonchev–Trinajstić information content (AvgIpc) is 3.07. The highest BCUT2D eigenvalue weighted by molar-refractivity contribution is 5.65. The average molecular weight is 379 g/mol. The summed E-state index contributed by atoms with van der Waals surface area (Å²) in [6.45, 7) is 6.37. The van der Waals surface area contributed by atoms with Gasteiger partial charge in [0.2, 0.25) is 0 Å². The van der Waals surface area contributed by atoms with E-state index < -0.39 is 0 Å². The lowest BCUT2D eigenvalue weighted by Gasteiger charge is -2.18. The van der Waals surface area contributed by atoms with Crippen molar-refractivity contribution in [3.05, 3.63) is 24.3 Å². The summed E-state index contributed by atoms with van der Waals surface area (Å²) in [5.41, 5.74) is 0. The molecule has 0 radical (unpaired) electrons. The van der Waals surface area contributed by atoms with Crippen molar-refractivity contribution in [2.75, 3.05) is 6.61 Å². The molecule has 0 bridgehead atoms. The fourth-order valence-corrected chi connectivity index (χ4v) is 3.94. The number of rotatable bonds is 15. The van der Waals surface area contributed by atoms with E-state index in [0.29, 0.717) is 18.4 Å². The maximum absolute atomic E-state index is 10.7. The Morgan fingerprint density at radius 1 is 1.22 bits per heavy atom. The summed E-state index contributed by atoms with van der Waals surface area (Å²) in [5.74, 6) is 1.52. The standard InChI is InChI=1S/C24H42O3/c1-4-13-20(2)24(26)18-12-17-23-16-11-15-22(23)14-9-7-5-6-8-10-19-27-21(3)25/h11-12,16-17,20,22-24,26H,4-10,13-15,18-19H2,1-3H3/b17-12+/t20?,22-,23+,24?/m0/s1. The highest BCUT2D eigenvalue weighted by Gasteiger charge is 2.20. The molecule has 3 nitrogen and oxygen atoms in total. The van der Waals surface area contributed by atoms with Gasteiger partial charge in [0.05, 0.1) is 12.7 Å². The number of unbranched alkanes of at least 4 members (excludes halogenated alkanes) is 5. The van der Waals surface area contributed by atoms with Crippen molar-refractivity contribution < 1.29 is 14.6 Å². The zero-order chi connectivity index (χ0) is 19.9. The summed E-state index contributed by atoms with van der Waals surface area (Å²) >= 11 is 0. The van der Waals surface area contributed by atoms with Gasteiger partial charge < -0.3 is 9.84 Å². The fraction of sp³-hybridized carbons (Fsp3) is 0.792. The summed E-state index contributed by atoms with van der Waals surface area (Å²) in [7, 11) is 0. The number of hydrogen-bond donors (Lipinski definition) is 1. The summed E-state index contributed by atoms with van der Waals surface area (Å²) in [6, 6.07) is 0. The number of carbonyl (C=O) groups is 1. The molecule has 0 fully saturated rings. The Labute approximate surface area is 167 Å². The summed E-state index contributed by atoms with van der Waals surface area (Å²) in [5, 5.41) is 10.2. The minimum absolute atomic E-state index is 0.172. The molecule has 0 aromatic heterocycles. The van der Waals surface area contributed by atoms with Crippen molar-refractivity contribution in [2.24, 2.45) is 17.8 Å². The Bertz CT molecular complexity index is 441. The highest BCUT2D eigenvalue weighted by atomic mass is 16.5. The predicted molar refractivity (Wildman–Crippen MR) is 114 cm³/mol. The first kappa shape index (κ1) is 23.9. The molecule has 0 saturated carbocycles. The normalized spacial score (nSPS) is 21.6. The van der Waals surface area contributed by atoms with Gasteiger partial charge in [-0.25, -0.2) is 0 Å². The minimum atomic E-state index is -0.203. The van der Waals surface area contributed by atoms with E-state index in [1.54, 1.807) is 0 Å². The second-order valence-corrected chi connectivity index (χ2v) is 8.25. The van der Waals surface area contributed by atoms with Crippen LogP contribution in [-0.4, -0.2) is 23.8 Å². The number of aliphatic hydroxyl groups excluding tert-OH is 1. The van der Waals surface area contributed by atoms with Crippen LogP contribution in [0.1, 0.15) is 91.4 Å². The van der Waals surface area contributed by atoms with E-state index in [-0.39, 0.29) is 12.1 Å². The Hall–Kier alpha value is -1.09. The molecule has 1 rings (SSSR count). The fourth-order valence-electron chi connectivity index (χ4n) is 3.94. The minimum Gasteiger partial charge on any atom is -0.466 e. The molecular weight excluding hydrogens is 336 g/mol. The second-order valence-electron chi connectivity index (χ2n) is 8.25. The molecule has 0 heterocycles. The summed E-state index contributed by atoms with van der Waals surface area (Å²) < 4.78 is 4.95. The molecule has 156 valence electrons. The summed E-state index contributed by atoms with van der Waals surface area (Å²) in [6.07, 6.45) is 21.8. The number of ether oxygens (including phenoxy) is 1. The number of esters is 1. The lowest BCUT2D eigenvalue weighted by Crippen LogP contribution is -2.16. The SMILES string of the molecule is CCCC(C)C(O)C/C=C/[C@H]1C=CC[C@@H]1CCCCCCCCOC(C)=O. The van der Waals surface area contributed by atoms with Crippen LogP contribution in [0, 0.1) is 17.8 Å². The maximum atomic E-state index is 10.7. The number of hydrogen-bond acceptors (Lipinski definition) is 3. The lowest BCUT2D eigenvalue weighted by atomic mass is 9.89.